The Labute approximate surface area is 128 Å². The predicted octanol–water partition coefficient (Wildman–Crippen LogP) is 4.40. The maximum atomic E-state index is 12.7. The number of ketones is 1. The van der Waals surface area contributed by atoms with E-state index < -0.39 is 0 Å². The average Bonchev–Trinajstić information content (AvgIpc) is 2.81. The van der Waals surface area contributed by atoms with Crippen LogP contribution in [-0.2, 0) is 0 Å². The first-order valence-corrected chi connectivity index (χ1v) is 7.10. The zero-order valence-electron chi connectivity index (χ0n) is 10.3. The Kier molecular flexibility index (Phi) is 3.28. The van der Waals surface area contributed by atoms with E-state index >= 15 is 0 Å². The summed E-state index contributed by atoms with van der Waals surface area (Å²) in [6.07, 6.45) is 1.68. The lowest BCUT2D eigenvalue weighted by Gasteiger charge is -2.06. The van der Waals surface area contributed by atoms with Crippen molar-refractivity contribution in [2.24, 2.45) is 0 Å². The van der Waals surface area contributed by atoms with Crippen molar-refractivity contribution in [3.8, 4) is 0 Å². The molecule has 0 saturated carbocycles. The van der Waals surface area contributed by atoms with Gasteiger partial charge in [-0.25, -0.2) is 0 Å². The van der Waals surface area contributed by atoms with E-state index in [4.69, 9.17) is 17.3 Å². The van der Waals surface area contributed by atoms with Gasteiger partial charge in [-0.1, -0.05) is 33.6 Å². The molecular formula is C15H10BrClN2O. The number of hydrogen-bond acceptors (Lipinski definition) is 2. The molecule has 0 aliphatic carbocycles. The number of carbonyl (C=O) groups is 1. The normalized spacial score (nSPS) is 10.9. The lowest BCUT2D eigenvalue weighted by Crippen LogP contribution is -2.05. The molecule has 3 aromatic rings. The second-order valence-corrected chi connectivity index (χ2v) is 5.75. The molecule has 0 saturated heterocycles. The maximum Gasteiger partial charge on any atom is 0.198 e. The van der Waals surface area contributed by atoms with Crippen molar-refractivity contribution in [2.45, 2.75) is 0 Å². The standard InChI is InChI=1S/C15H10BrClN2O/c16-8-4-5-13-9(6-8)10(7-19-13)15(20)14-11(17)2-1-3-12(14)18/h1-7,19H,18H2. The van der Waals surface area contributed by atoms with Crippen LogP contribution in [0.1, 0.15) is 15.9 Å². The molecule has 0 bridgehead atoms. The van der Waals surface area contributed by atoms with Gasteiger partial charge in [-0.05, 0) is 30.3 Å². The van der Waals surface area contributed by atoms with Gasteiger partial charge in [0.1, 0.15) is 0 Å². The van der Waals surface area contributed by atoms with Gasteiger partial charge < -0.3 is 10.7 Å². The number of nitrogens with two attached hydrogens (primary N) is 1. The molecule has 3 N–H and O–H groups in total. The minimum Gasteiger partial charge on any atom is -0.398 e. The monoisotopic (exact) mass is 348 g/mol. The van der Waals surface area contributed by atoms with Crippen molar-refractivity contribution in [2.75, 3.05) is 5.73 Å². The number of hydrogen-bond donors (Lipinski definition) is 2. The number of benzene rings is 2. The van der Waals surface area contributed by atoms with Crippen LogP contribution in [-0.4, -0.2) is 10.8 Å². The van der Waals surface area contributed by atoms with Crippen molar-refractivity contribution in [3.05, 3.63) is 63.2 Å². The average molecular weight is 350 g/mol. The smallest absolute Gasteiger partial charge is 0.198 e. The van der Waals surface area contributed by atoms with Crippen molar-refractivity contribution in [1.29, 1.82) is 0 Å². The first-order chi connectivity index (χ1) is 9.58. The third-order valence-electron chi connectivity index (χ3n) is 3.16. The topological polar surface area (TPSA) is 58.9 Å². The fraction of sp³-hybridized carbons (Fsp3) is 0. The highest BCUT2D eigenvalue weighted by Crippen LogP contribution is 2.29. The number of anilines is 1. The first-order valence-electron chi connectivity index (χ1n) is 5.93. The lowest BCUT2D eigenvalue weighted by molar-refractivity contribution is 0.104. The maximum absolute atomic E-state index is 12.7. The Hall–Kier alpha value is -1.78. The van der Waals surface area contributed by atoms with Crippen LogP contribution in [0.2, 0.25) is 5.02 Å². The highest BCUT2D eigenvalue weighted by atomic mass is 79.9. The van der Waals surface area contributed by atoms with Crippen LogP contribution in [0.25, 0.3) is 10.9 Å². The summed E-state index contributed by atoms with van der Waals surface area (Å²) in [6, 6.07) is 10.8. The quantitative estimate of drug-likeness (QED) is 0.532. The molecule has 1 aromatic heterocycles. The zero-order valence-corrected chi connectivity index (χ0v) is 12.6. The summed E-state index contributed by atoms with van der Waals surface area (Å²) in [7, 11) is 0. The van der Waals surface area contributed by atoms with Gasteiger partial charge in [0.2, 0.25) is 0 Å². The molecule has 2 aromatic carbocycles. The number of rotatable bonds is 2. The van der Waals surface area contributed by atoms with E-state index in [1.165, 1.54) is 0 Å². The van der Waals surface area contributed by atoms with Crippen molar-refractivity contribution < 1.29 is 4.79 Å². The van der Waals surface area contributed by atoms with Crippen LogP contribution >= 0.6 is 27.5 Å². The summed E-state index contributed by atoms with van der Waals surface area (Å²) < 4.78 is 0.908. The van der Waals surface area contributed by atoms with Gasteiger partial charge in [0.25, 0.3) is 0 Å². The van der Waals surface area contributed by atoms with E-state index in [1.54, 1.807) is 24.4 Å². The van der Waals surface area contributed by atoms with Crippen LogP contribution in [0.3, 0.4) is 0 Å². The molecule has 0 aliphatic heterocycles. The van der Waals surface area contributed by atoms with Gasteiger partial charge in [-0.2, -0.15) is 0 Å². The van der Waals surface area contributed by atoms with Crippen LogP contribution in [0.4, 0.5) is 5.69 Å². The fourth-order valence-corrected chi connectivity index (χ4v) is 2.82. The Balaban J connectivity index is 2.21. The molecule has 0 aliphatic rings. The second kappa shape index (κ2) is 4.96. The van der Waals surface area contributed by atoms with Crippen LogP contribution in [0, 0.1) is 0 Å². The number of nitrogen functional groups attached to an aromatic ring is 1. The van der Waals surface area contributed by atoms with Gasteiger partial charge in [-0.15, -0.1) is 0 Å². The van der Waals surface area contributed by atoms with Crippen molar-refractivity contribution in [1.82, 2.24) is 4.98 Å². The largest absolute Gasteiger partial charge is 0.398 e. The number of halogens is 2. The Morgan fingerprint density at radius 3 is 2.80 bits per heavy atom. The molecule has 1 heterocycles. The summed E-state index contributed by atoms with van der Waals surface area (Å²) in [5, 5.41) is 1.20. The van der Waals surface area contributed by atoms with Gasteiger partial charge in [0.15, 0.2) is 5.78 Å². The third kappa shape index (κ3) is 2.11. The number of fused-ring (bicyclic) bond motifs is 1. The molecule has 0 fully saturated rings. The summed E-state index contributed by atoms with van der Waals surface area (Å²) in [6.45, 7) is 0. The molecule has 100 valence electrons. The Bertz CT molecular complexity index is 806. The van der Waals surface area contributed by atoms with Crippen molar-refractivity contribution in [3.63, 3.8) is 0 Å². The van der Waals surface area contributed by atoms with E-state index in [0.29, 0.717) is 21.8 Å². The number of carbonyl (C=O) groups excluding carboxylic acids is 1. The number of H-pyrrole nitrogens is 1. The summed E-state index contributed by atoms with van der Waals surface area (Å²) >= 11 is 9.51. The number of aromatic amines is 1. The highest BCUT2D eigenvalue weighted by Gasteiger charge is 2.19. The van der Waals surface area contributed by atoms with E-state index in [9.17, 15) is 4.79 Å². The van der Waals surface area contributed by atoms with E-state index in [0.717, 1.165) is 15.4 Å². The molecule has 0 radical (unpaired) electrons. The van der Waals surface area contributed by atoms with E-state index in [2.05, 4.69) is 20.9 Å². The minimum atomic E-state index is -0.183. The Morgan fingerprint density at radius 2 is 2.05 bits per heavy atom. The number of aromatic nitrogens is 1. The Morgan fingerprint density at radius 1 is 1.25 bits per heavy atom. The van der Waals surface area contributed by atoms with Gasteiger partial charge in [0, 0.05) is 32.8 Å². The molecule has 3 nitrogen and oxygen atoms in total. The second-order valence-electron chi connectivity index (χ2n) is 4.43. The predicted molar refractivity (Wildman–Crippen MR) is 85.3 cm³/mol. The summed E-state index contributed by atoms with van der Waals surface area (Å²) in [5.74, 6) is -0.183. The molecule has 3 rings (SSSR count). The van der Waals surface area contributed by atoms with Gasteiger partial charge in [-0.3, -0.25) is 4.79 Å². The molecule has 0 atom stereocenters. The number of nitrogens with one attached hydrogen (secondary N) is 1. The zero-order chi connectivity index (χ0) is 14.3. The van der Waals surface area contributed by atoms with Crippen molar-refractivity contribution >= 4 is 49.9 Å². The molecule has 0 unspecified atom stereocenters. The van der Waals surface area contributed by atoms with Crippen LogP contribution in [0.5, 0.6) is 0 Å². The van der Waals surface area contributed by atoms with Gasteiger partial charge in [0.05, 0.1) is 10.6 Å². The van der Waals surface area contributed by atoms with Gasteiger partial charge >= 0.3 is 0 Å². The molecule has 0 amide bonds. The molecular weight excluding hydrogens is 340 g/mol. The summed E-state index contributed by atoms with van der Waals surface area (Å²) in [4.78, 5) is 15.8. The SMILES string of the molecule is Nc1cccc(Cl)c1C(=O)c1c[nH]c2ccc(Br)cc12. The first kappa shape index (κ1) is 13.2. The third-order valence-corrected chi connectivity index (χ3v) is 3.97. The summed E-state index contributed by atoms with van der Waals surface area (Å²) in [5.41, 5.74) is 8.05. The van der Waals surface area contributed by atoms with E-state index in [1.807, 2.05) is 18.2 Å². The van der Waals surface area contributed by atoms with Crippen LogP contribution in [0.15, 0.2) is 47.1 Å². The minimum absolute atomic E-state index is 0.183. The highest BCUT2D eigenvalue weighted by molar-refractivity contribution is 9.10. The fourth-order valence-electron chi connectivity index (χ4n) is 2.20. The molecule has 5 heteroatoms. The van der Waals surface area contributed by atoms with E-state index in [-0.39, 0.29) is 5.78 Å². The lowest BCUT2D eigenvalue weighted by atomic mass is 10.0. The molecule has 0 spiro atoms. The van der Waals surface area contributed by atoms with Crippen LogP contribution < -0.4 is 5.73 Å². The molecule has 20 heavy (non-hydrogen) atoms.